The van der Waals surface area contributed by atoms with Crippen LogP contribution in [0.5, 0.6) is 11.5 Å². The highest BCUT2D eigenvalue weighted by molar-refractivity contribution is 8.82. The van der Waals surface area contributed by atoms with E-state index in [1.54, 1.807) is 0 Å². The first-order chi connectivity index (χ1) is 17.3. The fourth-order valence-corrected chi connectivity index (χ4v) is 7.64. The molecule has 1 aromatic heterocycles. The fourth-order valence-electron chi connectivity index (χ4n) is 2.41. The van der Waals surface area contributed by atoms with E-state index in [2.05, 4.69) is 35.9 Å². The summed E-state index contributed by atoms with van der Waals surface area (Å²) in [5, 5.41) is 5.22. The van der Waals surface area contributed by atoms with Gasteiger partial charge >= 0.3 is 0 Å². The number of rotatable bonds is 14. The second-order valence-corrected chi connectivity index (χ2v) is 13.6. The molecule has 17 heteroatoms. The van der Waals surface area contributed by atoms with Crippen LogP contribution in [0.1, 0.15) is 25.8 Å². The average molecular weight is 633 g/mol. The monoisotopic (exact) mass is 632 g/mol. The molecule has 0 saturated heterocycles. The first-order valence-electron chi connectivity index (χ1n) is 10.7. The van der Waals surface area contributed by atoms with Gasteiger partial charge in [-0.25, -0.2) is 0 Å². The molecule has 2 heterocycles. The van der Waals surface area contributed by atoms with Crippen LogP contribution in [0.4, 0.5) is 0 Å². The normalized spacial score (nSPS) is 14.4. The molecule has 1 aliphatic rings. The Hall–Kier alpha value is -0.400. The summed E-state index contributed by atoms with van der Waals surface area (Å²) in [5.41, 5.74) is 11.2. The lowest BCUT2D eigenvalue weighted by Crippen LogP contribution is -2.29. The summed E-state index contributed by atoms with van der Waals surface area (Å²) >= 11 is 8.99. The van der Waals surface area contributed by atoms with Gasteiger partial charge in [0.1, 0.15) is 9.75 Å². The quantitative estimate of drug-likeness (QED) is 0.100. The fraction of sp³-hybridized carbons (Fsp3) is 0.579. The number of carbonyl (C=O) groups excluding carboxylic acids is 4. The van der Waals surface area contributed by atoms with Crippen molar-refractivity contribution in [3.8, 4) is 11.5 Å². The van der Waals surface area contributed by atoms with Crippen molar-refractivity contribution in [3.05, 3.63) is 9.75 Å². The lowest BCUT2D eigenvalue weighted by atomic mass is 10.3. The highest BCUT2D eigenvalue weighted by Crippen LogP contribution is 2.43. The predicted octanol–water partition coefficient (Wildman–Crippen LogP) is 1.70. The van der Waals surface area contributed by atoms with Gasteiger partial charge in [-0.15, -0.1) is 11.3 Å². The topological polar surface area (TPSA) is 163 Å². The molecule has 0 fully saturated rings. The Kier molecular flexibility index (Phi) is 15.2. The van der Waals surface area contributed by atoms with Crippen LogP contribution in [-0.2, 0) is 9.59 Å². The Labute approximate surface area is 240 Å². The highest BCUT2D eigenvalue weighted by Gasteiger charge is 2.30. The number of fused-ring (bicyclic) bond motifs is 1. The molecule has 0 radical (unpaired) electrons. The summed E-state index contributed by atoms with van der Waals surface area (Å²) in [5.74, 6) is 1.24. The first kappa shape index (κ1) is 31.8. The molecule has 0 saturated carbocycles. The van der Waals surface area contributed by atoms with Gasteiger partial charge in [0.15, 0.2) is 11.5 Å². The molecule has 202 valence electrons. The molecule has 2 atom stereocenters. The van der Waals surface area contributed by atoms with Crippen LogP contribution >= 0.6 is 79.8 Å². The Balaban J connectivity index is 1.90. The molecule has 6 N–H and O–H groups in total. The molecule has 36 heavy (non-hydrogen) atoms. The SMILES string of the molecule is N[C@@H](CS)C(=O)SSCCNC(=O)c1sc(C(=O)NCCSSC(=O)[C@@H](N)CS)c2c1OCCCO2. The molecule has 0 bridgehead atoms. The van der Waals surface area contributed by atoms with Gasteiger partial charge in [-0.3, -0.25) is 19.2 Å². The van der Waals surface area contributed by atoms with E-state index < -0.39 is 23.9 Å². The molecule has 10 nitrogen and oxygen atoms in total. The third-order valence-corrected chi connectivity index (χ3v) is 10.8. The number of nitrogens with two attached hydrogens (primary N) is 2. The number of carbonyl (C=O) groups is 4. The number of thiophene rings is 1. The smallest absolute Gasteiger partial charge is 0.265 e. The van der Waals surface area contributed by atoms with Crippen LogP contribution in [0.3, 0.4) is 0 Å². The number of hydrogen-bond donors (Lipinski definition) is 6. The zero-order chi connectivity index (χ0) is 26.5. The van der Waals surface area contributed by atoms with Crippen molar-refractivity contribution in [2.24, 2.45) is 11.5 Å². The van der Waals surface area contributed by atoms with Crippen LogP contribution in [0.15, 0.2) is 0 Å². The molecule has 0 aromatic carbocycles. The van der Waals surface area contributed by atoms with Crippen LogP contribution in [-0.4, -0.2) is 83.4 Å². The van der Waals surface area contributed by atoms with Gasteiger partial charge in [0.25, 0.3) is 11.8 Å². The van der Waals surface area contributed by atoms with Crippen LogP contribution < -0.4 is 31.6 Å². The molecule has 0 unspecified atom stereocenters. The zero-order valence-corrected chi connectivity index (χ0v) is 24.9. The minimum atomic E-state index is -0.625. The second kappa shape index (κ2) is 17.2. The molecular weight excluding hydrogens is 605 g/mol. The minimum Gasteiger partial charge on any atom is -0.488 e. The number of thiol groups is 2. The van der Waals surface area contributed by atoms with E-state index in [1.807, 2.05) is 0 Å². The predicted molar refractivity (Wildman–Crippen MR) is 158 cm³/mol. The Bertz CT molecular complexity index is 851. The summed E-state index contributed by atoms with van der Waals surface area (Å²) in [6, 6.07) is -1.25. The molecule has 1 aliphatic heterocycles. The maximum absolute atomic E-state index is 12.8. The van der Waals surface area contributed by atoms with E-state index in [1.165, 1.54) is 21.6 Å². The van der Waals surface area contributed by atoms with Crippen molar-refractivity contribution in [3.63, 3.8) is 0 Å². The molecule has 0 spiro atoms. The zero-order valence-electron chi connectivity index (χ0n) is 19.1. The number of ether oxygens (including phenoxy) is 2. The van der Waals surface area contributed by atoms with E-state index >= 15 is 0 Å². The average Bonchev–Trinajstić information content (AvgIpc) is 3.07. The molecular formula is C19H28N4O6S7. The van der Waals surface area contributed by atoms with E-state index in [4.69, 9.17) is 20.9 Å². The lowest BCUT2D eigenvalue weighted by Gasteiger charge is -2.08. The Morgan fingerprint density at radius 2 is 1.25 bits per heavy atom. The van der Waals surface area contributed by atoms with Gasteiger partial charge < -0.3 is 31.6 Å². The van der Waals surface area contributed by atoms with Gasteiger partial charge in [-0.1, -0.05) is 21.6 Å². The molecule has 2 amide bonds. The van der Waals surface area contributed by atoms with Crippen LogP contribution in [0, 0.1) is 0 Å². The Morgan fingerprint density at radius 1 is 0.833 bits per heavy atom. The second-order valence-electron chi connectivity index (χ2n) is 7.01. The van der Waals surface area contributed by atoms with Gasteiger partial charge in [-0.05, 0) is 21.6 Å². The van der Waals surface area contributed by atoms with Gasteiger partial charge in [0, 0.05) is 42.5 Å². The van der Waals surface area contributed by atoms with Crippen LogP contribution in [0.2, 0.25) is 0 Å². The van der Waals surface area contributed by atoms with E-state index in [9.17, 15) is 19.2 Å². The van der Waals surface area contributed by atoms with Gasteiger partial charge in [0.05, 0.1) is 25.3 Å². The summed E-state index contributed by atoms with van der Waals surface area (Å²) in [6.07, 6.45) is 0.619. The van der Waals surface area contributed by atoms with E-state index in [0.29, 0.717) is 44.2 Å². The minimum absolute atomic E-state index is 0.170. The maximum atomic E-state index is 12.8. The number of hydrogen-bond acceptors (Lipinski definition) is 15. The van der Waals surface area contributed by atoms with Crippen molar-refractivity contribution in [2.75, 3.05) is 49.3 Å². The van der Waals surface area contributed by atoms with Gasteiger partial charge in [-0.2, -0.15) is 25.3 Å². The van der Waals surface area contributed by atoms with Gasteiger partial charge in [0.2, 0.25) is 10.2 Å². The van der Waals surface area contributed by atoms with Crippen molar-refractivity contribution in [1.82, 2.24) is 10.6 Å². The number of amides is 2. The van der Waals surface area contributed by atoms with E-state index in [-0.39, 0.29) is 43.0 Å². The summed E-state index contributed by atoms with van der Waals surface area (Å²) < 4.78 is 11.5. The van der Waals surface area contributed by atoms with Crippen molar-refractivity contribution in [1.29, 1.82) is 0 Å². The largest absolute Gasteiger partial charge is 0.488 e. The molecule has 1 aromatic rings. The Morgan fingerprint density at radius 3 is 1.64 bits per heavy atom. The maximum Gasteiger partial charge on any atom is 0.265 e. The summed E-state index contributed by atoms with van der Waals surface area (Å²) in [6.45, 7) is 1.33. The first-order valence-corrected chi connectivity index (χ1v) is 17.4. The number of nitrogens with one attached hydrogen (secondary N) is 2. The molecule has 2 rings (SSSR count). The summed E-state index contributed by atoms with van der Waals surface area (Å²) in [4.78, 5) is 49.6. The lowest BCUT2D eigenvalue weighted by molar-refractivity contribution is -0.112. The third-order valence-electron chi connectivity index (χ3n) is 4.24. The van der Waals surface area contributed by atoms with Crippen molar-refractivity contribution < 1.29 is 28.7 Å². The van der Waals surface area contributed by atoms with Crippen molar-refractivity contribution in [2.45, 2.75) is 18.5 Å². The third kappa shape index (κ3) is 10.1. The summed E-state index contributed by atoms with van der Waals surface area (Å²) in [7, 11) is 4.64. The van der Waals surface area contributed by atoms with Crippen molar-refractivity contribution >= 4 is 102 Å². The standard InChI is InChI=1S/C19H28N4O6S7/c20-10(8-30)18(26)35-32-6-2-22-16(24)14-12-13(29-5-1-4-28-12)15(34-14)17(25)23-3-7-33-36-19(27)11(21)9-31/h10-11,30-31H,1-9,20-21H2,(H,22,24)(H,23,25)/t10-,11-/m0/s1. The van der Waals surface area contributed by atoms with Crippen LogP contribution in [0.25, 0.3) is 0 Å². The van der Waals surface area contributed by atoms with E-state index in [0.717, 1.165) is 32.9 Å². The highest BCUT2D eigenvalue weighted by atomic mass is 33.1. The molecule has 0 aliphatic carbocycles.